The van der Waals surface area contributed by atoms with Crippen molar-refractivity contribution in [2.75, 3.05) is 31.1 Å². The Morgan fingerprint density at radius 2 is 1.69 bits per heavy atom. The molecule has 1 aliphatic heterocycles. The summed E-state index contributed by atoms with van der Waals surface area (Å²) in [5, 5.41) is 20.5. The average molecular weight is 409 g/mol. The molecule has 1 aromatic carbocycles. The van der Waals surface area contributed by atoms with Crippen LogP contribution in [0.2, 0.25) is 0 Å². The highest BCUT2D eigenvalue weighted by atomic mass is 32.1. The van der Waals surface area contributed by atoms with E-state index in [-0.39, 0.29) is 17.2 Å². The van der Waals surface area contributed by atoms with Gasteiger partial charge in [0.15, 0.2) is 0 Å². The predicted octanol–water partition coefficient (Wildman–Crippen LogP) is 3.18. The molecule has 8 heteroatoms. The molecule has 0 radical (unpaired) electrons. The Kier molecular flexibility index (Phi) is 5.18. The molecule has 1 saturated heterocycles. The maximum atomic E-state index is 12.9. The van der Waals surface area contributed by atoms with E-state index in [0.29, 0.717) is 31.1 Å². The summed E-state index contributed by atoms with van der Waals surface area (Å²) in [7, 11) is 0. The Morgan fingerprint density at radius 1 is 0.966 bits per heavy atom. The van der Waals surface area contributed by atoms with Crippen molar-refractivity contribution in [3.8, 4) is 16.9 Å². The number of aromatic carboxylic acids is 1. The largest absolute Gasteiger partial charge is 0.506 e. The van der Waals surface area contributed by atoms with Crippen LogP contribution in [0, 0.1) is 0 Å². The lowest BCUT2D eigenvalue weighted by atomic mass is 10.1. The summed E-state index contributed by atoms with van der Waals surface area (Å²) in [6.45, 7) is 2.57. The quantitative estimate of drug-likeness (QED) is 0.687. The van der Waals surface area contributed by atoms with Gasteiger partial charge in [-0.2, -0.15) is 0 Å². The van der Waals surface area contributed by atoms with Crippen molar-refractivity contribution in [2.45, 2.75) is 0 Å². The second-order valence-electron chi connectivity index (χ2n) is 6.76. The number of nitrogens with zero attached hydrogens (tertiary/aromatic N) is 3. The number of hydrogen-bond donors (Lipinski definition) is 2. The number of carboxylic acids is 1. The molecule has 0 aliphatic carbocycles. The van der Waals surface area contributed by atoms with Crippen LogP contribution in [-0.4, -0.2) is 58.2 Å². The van der Waals surface area contributed by atoms with Gasteiger partial charge in [-0.05, 0) is 47.3 Å². The summed E-state index contributed by atoms with van der Waals surface area (Å²) in [6.07, 6.45) is 3.03. The zero-order valence-electron chi connectivity index (χ0n) is 15.5. The van der Waals surface area contributed by atoms with Gasteiger partial charge in [-0.15, -0.1) is 11.3 Å². The van der Waals surface area contributed by atoms with E-state index in [9.17, 15) is 14.7 Å². The zero-order valence-corrected chi connectivity index (χ0v) is 16.3. The third-order valence-corrected chi connectivity index (χ3v) is 5.83. The highest BCUT2D eigenvalue weighted by Crippen LogP contribution is 2.28. The maximum absolute atomic E-state index is 12.9. The number of pyridine rings is 1. The number of anilines is 1. The molecule has 29 heavy (non-hydrogen) atoms. The summed E-state index contributed by atoms with van der Waals surface area (Å²) >= 11 is 1.38. The minimum absolute atomic E-state index is 0.00441. The van der Waals surface area contributed by atoms with Crippen molar-refractivity contribution < 1.29 is 19.8 Å². The SMILES string of the molecule is O=C(O)c1ccc(N2CCN(C(=O)c3cc(-c4cncc(O)c4)cs3)CC2)cc1. The van der Waals surface area contributed by atoms with E-state index in [4.69, 9.17) is 5.11 Å². The standard InChI is InChI=1S/C21H19N3O4S/c25-18-9-15(11-22-12-18)16-10-19(29-13-16)20(26)24-7-5-23(6-8-24)17-3-1-14(2-4-17)21(27)28/h1-4,9-13,25H,5-8H2,(H,27,28). The molecule has 0 spiro atoms. The topological polar surface area (TPSA) is 94.0 Å². The Balaban J connectivity index is 1.40. The van der Waals surface area contributed by atoms with E-state index in [1.54, 1.807) is 36.5 Å². The van der Waals surface area contributed by atoms with Crippen LogP contribution in [0.25, 0.3) is 11.1 Å². The first kappa shape index (κ1) is 18.9. The van der Waals surface area contributed by atoms with E-state index in [2.05, 4.69) is 9.88 Å². The minimum atomic E-state index is -0.941. The van der Waals surface area contributed by atoms with E-state index >= 15 is 0 Å². The molecule has 0 saturated carbocycles. The number of aromatic hydroxyl groups is 1. The number of carbonyl (C=O) groups is 2. The molecular formula is C21H19N3O4S. The number of carbonyl (C=O) groups excluding carboxylic acids is 1. The van der Waals surface area contributed by atoms with E-state index in [1.807, 2.05) is 16.3 Å². The monoisotopic (exact) mass is 409 g/mol. The van der Waals surface area contributed by atoms with Crippen LogP contribution in [0.5, 0.6) is 5.75 Å². The summed E-state index contributed by atoms with van der Waals surface area (Å²) in [4.78, 5) is 32.5. The zero-order chi connectivity index (χ0) is 20.4. The van der Waals surface area contributed by atoms with Gasteiger partial charge in [0.2, 0.25) is 0 Å². The summed E-state index contributed by atoms with van der Waals surface area (Å²) in [5.41, 5.74) is 2.85. The molecule has 3 aromatic rings. The summed E-state index contributed by atoms with van der Waals surface area (Å²) < 4.78 is 0. The van der Waals surface area contributed by atoms with E-state index in [0.717, 1.165) is 16.8 Å². The van der Waals surface area contributed by atoms with Crippen LogP contribution in [0.4, 0.5) is 5.69 Å². The highest BCUT2D eigenvalue weighted by molar-refractivity contribution is 7.12. The van der Waals surface area contributed by atoms with Gasteiger partial charge >= 0.3 is 5.97 Å². The van der Waals surface area contributed by atoms with Crippen molar-refractivity contribution in [1.82, 2.24) is 9.88 Å². The number of rotatable bonds is 4. The number of thiophene rings is 1. The lowest BCUT2D eigenvalue weighted by molar-refractivity contribution is 0.0695. The van der Waals surface area contributed by atoms with Crippen LogP contribution < -0.4 is 4.90 Å². The maximum Gasteiger partial charge on any atom is 0.335 e. The fraction of sp³-hybridized carbons (Fsp3) is 0.190. The Labute approximate surface area is 171 Å². The van der Waals surface area contributed by atoms with Gasteiger partial charge in [-0.3, -0.25) is 9.78 Å². The Morgan fingerprint density at radius 3 is 2.34 bits per heavy atom. The summed E-state index contributed by atoms with van der Waals surface area (Å²) in [5.74, 6) is -0.854. The minimum Gasteiger partial charge on any atom is -0.506 e. The number of amides is 1. The van der Waals surface area contributed by atoms with Gasteiger partial charge < -0.3 is 20.0 Å². The first-order valence-corrected chi connectivity index (χ1v) is 10.00. The molecule has 3 heterocycles. The average Bonchev–Trinajstić information content (AvgIpc) is 3.24. The van der Waals surface area contributed by atoms with Crippen molar-refractivity contribution >= 4 is 28.9 Å². The number of piperazine rings is 1. The smallest absolute Gasteiger partial charge is 0.335 e. The fourth-order valence-corrected chi connectivity index (χ4v) is 4.21. The number of carboxylic acid groups (broad SMARTS) is 1. The van der Waals surface area contributed by atoms with E-state index in [1.165, 1.54) is 17.5 Å². The molecule has 2 aromatic heterocycles. The normalized spacial score (nSPS) is 14.1. The lowest BCUT2D eigenvalue weighted by Gasteiger charge is -2.36. The summed E-state index contributed by atoms with van der Waals surface area (Å²) in [6, 6.07) is 10.3. The molecule has 4 rings (SSSR count). The fourth-order valence-electron chi connectivity index (χ4n) is 3.32. The highest BCUT2D eigenvalue weighted by Gasteiger charge is 2.23. The van der Waals surface area contributed by atoms with Crippen LogP contribution in [0.3, 0.4) is 0 Å². The Hall–Kier alpha value is -3.39. The predicted molar refractivity (Wildman–Crippen MR) is 111 cm³/mol. The van der Waals surface area contributed by atoms with Crippen LogP contribution in [-0.2, 0) is 0 Å². The molecule has 2 N–H and O–H groups in total. The van der Waals surface area contributed by atoms with Crippen molar-refractivity contribution in [3.05, 3.63) is 64.6 Å². The third kappa shape index (κ3) is 4.07. The molecule has 0 bridgehead atoms. The van der Waals surface area contributed by atoms with Gasteiger partial charge in [-0.25, -0.2) is 4.79 Å². The Bertz CT molecular complexity index is 1040. The van der Waals surface area contributed by atoms with E-state index < -0.39 is 5.97 Å². The van der Waals surface area contributed by atoms with Gasteiger partial charge in [0, 0.05) is 43.6 Å². The molecule has 1 amide bonds. The van der Waals surface area contributed by atoms with Gasteiger partial charge in [-0.1, -0.05) is 0 Å². The van der Waals surface area contributed by atoms with Crippen molar-refractivity contribution in [1.29, 1.82) is 0 Å². The van der Waals surface area contributed by atoms with Crippen molar-refractivity contribution in [2.24, 2.45) is 0 Å². The second kappa shape index (κ2) is 7.92. The molecule has 0 unspecified atom stereocenters. The van der Waals surface area contributed by atoms with Gasteiger partial charge in [0.25, 0.3) is 5.91 Å². The number of benzene rings is 1. The first-order valence-electron chi connectivity index (χ1n) is 9.12. The van der Waals surface area contributed by atoms with Crippen LogP contribution in [0.1, 0.15) is 20.0 Å². The van der Waals surface area contributed by atoms with Gasteiger partial charge in [0.05, 0.1) is 16.6 Å². The van der Waals surface area contributed by atoms with Crippen molar-refractivity contribution in [3.63, 3.8) is 0 Å². The molecule has 1 fully saturated rings. The molecule has 148 valence electrons. The molecule has 1 aliphatic rings. The van der Waals surface area contributed by atoms with Crippen LogP contribution >= 0.6 is 11.3 Å². The molecule has 0 atom stereocenters. The first-order chi connectivity index (χ1) is 14.0. The van der Waals surface area contributed by atoms with Crippen LogP contribution in [0.15, 0.2) is 54.2 Å². The van der Waals surface area contributed by atoms with Gasteiger partial charge in [0.1, 0.15) is 5.75 Å². The number of aromatic nitrogens is 1. The molecular weight excluding hydrogens is 390 g/mol. The molecule has 7 nitrogen and oxygen atoms in total. The second-order valence-corrected chi connectivity index (χ2v) is 7.67. The third-order valence-electron chi connectivity index (χ3n) is 4.91. The number of hydrogen-bond acceptors (Lipinski definition) is 6. The lowest BCUT2D eigenvalue weighted by Crippen LogP contribution is -2.48.